The molecule has 1 aromatic carbocycles. The maximum atomic E-state index is 13.5. The Hall–Kier alpha value is -1.56. The van der Waals surface area contributed by atoms with Gasteiger partial charge in [-0.1, -0.05) is 6.92 Å². The molecule has 0 radical (unpaired) electrons. The van der Waals surface area contributed by atoms with Crippen LogP contribution in [0.1, 0.15) is 22.2 Å². The molecule has 108 valence electrons. The lowest BCUT2D eigenvalue weighted by Gasteiger charge is -2.11. The minimum absolute atomic E-state index is 0.133. The molecule has 0 aliphatic heterocycles. The highest BCUT2D eigenvalue weighted by Gasteiger charge is 2.31. The Labute approximate surface area is 118 Å². The lowest BCUT2D eigenvalue weighted by molar-refractivity contribution is -0.137. The molecular formula is C14H13F4NS. The fraction of sp³-hybridized carbons (Fsp3) is 0.286. The topological polar surface area (TPSA) is 12.0 Å². The van der Waals surface area contributed by atoms with E-state index in [4.69, 9.17) is 0 Å². The maximum Gasteiger partial charge on any atom is 0.416 e. The Balaban J connectivity index is 2.12. The van der Waals surface area contributed by atoms with Gasteiger partial charge in [-0.2, -0.15) is 13.2 Å². The second kappa shape index (κ2) is 5.83. The lowest BCUT2D eigenvalue weighted by atomic mass is 10.2. The maximum absolute atomic E-state index is 13.5. The molecule has 0 saturated carbocycles. The van der Waals surface area contributed by atoms with Crippen molar-refractivity contribution in [2.75, 3.05) is 5.32 Å². The zero-order chi connectivity index (χ0) is 14.8. The largest absolute Gasteiger partial charge is 0.416 e. The summed E-state index contributed by atoms with van der Waals surface area (Å²) in [6.07, 6.45) is -3.56. The molecule has 0 amide bonds. The van der Waals surface area contributed by atoms with E-state index in [0.29, 0.717) is 6.54 Å². The minimum atomic E-state index is -4.47. The molecule has 0 spiro atoms. The van der Waals surface area contributed by atoms with Crippen LogP contribution in [0, 0.1) is 5.82 Å². The van der Waals surface area contributed by atoms with Crippen molar-refractivity contribution in [2.24, 2.45) is 0 Å². The third-order valence-corrected chi connectivity index (χ3v) is 4.04. The summed E-state index contributed by atoms with van der Waals surface area (Å²) in [6.45, 7) is 2.33. The van der Waals surface area contributed by atoms with Crippen LogP contribution in [-0.4, -0.2) is 0 Å². The fourth-order valence-corrected chi connectivity index (χ4v) is 2.62. The molecule has 0 atom stereocenters. The van der Waals surface area contributed by atoms with Crippen LogP contribution < -0.4 is 5.32 Å². The number of rotatable bonds is 4. The van der Waals surface area contributed by atoms with E-state index < -0.39 is 17.6 Å². The molecule has 0 aliphatic carbocycles. The molecule has 1 heterocycles. The molecule has 20 heavy (non-hydrogen) atoms. The van der Waals surface area contributed by atoms with Crippen LogP contribution in [0.5, 0.6) is 0 Å². The van der Waals surface area contributed by atoms with Crippen molar-refractivity contribution in [1.29, 1.82) is 0 Å². The van der Waals surface area contributed by atoms with Gasteiger partial charge in [-0.25, -0.2) is 4.39 Å². The summed E-state index contributed by atoms with van der Waals surface area (Å²) < 4.78 is 51.2. The van der Waals surface area contributed by atoms with Gasteiger partial charge in [-0.15, -0.1) is 11.3 Å². The van der Waals surface area contributed by atoms with Crippen LogP contribution in [0.25, 0.3) is 0 Å². The van der Waals surface area contributed by atoms with Gasteiger partial charge in [0.25, 0.3) is 0 Å². The van der Waals surface area contributed by atoms with Gasteiger partial charge in [0, 0.05) is 16.3 Å². The summed E-state index contributed by atoms with van der Waals surface area (Å²) in [6, 6.07) is 6.22. The van der Waals surface area contributed by atoms with E-state index in [0.717, 1.165) is 29.5 Å². The number of halogens is 4. The van der Waals surface area contributed by atoms with Crippen molar-refractivity contribution in [2.45, 2.75) is 26.1 Å². The molecule has 0 fully saturated rings. The van der Waals surface area contributed by atoms with Gasteiger partial charge in [-0.05, 0) is 36.8 Å². The first-order valence-corrected chi connectivity index (χ1v) is 6.90. The van der Waals surface area contributed by atoms with Crippen molar-refractivity contribution in [1.82, 2.24) is 0 Å². The van der Waals surface area contributed by atoms with Crippen LogP contribution in [0.4, 0.5) is 23.2 Å². The standard InChI is InChI=1S/C14H13F4NS/c1-2-10-4-5-11(20-10)8-19-13-7-9(14(16,17)18)3-6-12(13)15/h3-7,19H,2,8H2,1H3. The van der Waals surface area contributed by atoms with Gasteiger partial charge in [0.2, 0.25) is 0 Å². The second-order valence-electron chi connectivity index (χ2n) is 4.27. The Bertz CT molecular complexity index is 589. The van der Waals surface area contributed by atoms with Crippen LogP contribution in [-0.2, 0) is 19.1 Å². The first-order valence-electron chi connectivity index (χ1n) is 6.08. The van der Waals surface area contributed by atoms with Gasteiger partial charge >= 0.3 is 6.18 Å². The highest BCUT2D eigenvalue weighted by molar-refractivity contribution is 7.12. The molecule has 1 nitrogen and oxygen atoms in total. The normalized spacial score (nSPS) is 11.7. The number of alkyl halides is 3. The summed E-state index contributed by atoms with van der Waals surface area (Å²) in [5.41, 5.74) is -0.992. The Kier molecular flexibility index (Phi) is 4.32. The molecule has 6 heteroatoms. The predicted molar refractivity (Wildman–Crippen MR) is 72.4 cm³/mol. The van der Waals surface area contributed by atoms with E-state index in [9.17, 15) is 17.6 Å². The molecule has 2 aromatic rings. The highest BCUT2D eigenvalue weighted by atomic mass is 32.1. The van der Waals surface area contributed by atoms with Gasteiger partial charge < -0.3 is 5.32 Å². The van der Waals surface area contributed by atoms with E-state index in [1.165, 1.54) is 4.88 Å². The van der Waals surface area contributed by atoms with Gasteiger partial charge in [0.15, 0.2) is 0 Å². The molecule has 2 rings (SSSR count). The van der Waals surface area contributed by atoms with E-state index in [2.05, 4.69) is 5.32 Å². The van der Waals surface area contributed by atoms with Gasteiger partial charge in [0.1, 0.15) is 5.82 Å². The average molecular weight is 303 g/mol. The third kappa shape index (κ3) is 3.50. The van der Waals surface area contributed by atoms with Crippen LogP contribution in [0.3, 0.4) is 0 Å². The molecule has 0 bridgehead atoms. The molecule has 0 saturated heterocycles. The minimum Gasteiger partial charge on any atom is -0.378 e. The van der Waals surface area contributed by atoms with Crippen molar-refractivity contribution >= 4 is 17.0 Å². The first-order chi connectivity index (χ1) is 9.40. The number of aryl methyl sites for hydroxylation is 1. The molecular weight excluding hydrogens is 290 g/mol. The van der Waals surface area contributed by atoms with Crippen molar-refractivity contribution in [3.8, 4) is 0 Å². The summed E-state index contributed by atoms with van der Waals surface area (Å²) >= 11 is 1.56. The summed E-state index contributed by atoms with van der Waals surface area (Å²) in [5, 5.41) is 2.71. The highest BCUT2D eigenvalue weighted by Crippen LogP contribution is 2.32. The zero-order valence-electron chi connectivity index (χ0n) is 10.7. The van der Waals surface area contributed by atoms with E-state index >= 15 is 0 Å². The Morgan fingerprint density at radius 1 is 1.10 bits per heavy atom. The Morgan fingerprint density at radius 2 is 1.80 bits per heavy atom. The molecule has 0 unspecified atom stereocenters. The van der Waals surface area contributed by atoms with Crippen molar-refractivity contribution in [3.05, 3.63) is 51.5 Å². The van der Waals surface area contributed by atoms with Gasteiger partial charge in [0.05, 0.1) is 11.3 Å². The van der Waals surface area contributed by atoms with Crippen LogP contribution in [0.15, 0.2) is 30.3 Å². The van der Waals surface area contributed by atoms with Crippen LogP contribution >= 0.6 is 11.3 Å². The Morgan fingerprint density at radius 3 is 2.40 bits per heavy atom. The second-order valence-corrected chi connectivity index (χ2v) is 5.52. The monoisotopic (exact) mass is 303 g/mol. The molecule has 1 N–H and O–H groups in total. The number of nitrogens with one attached hydrogen (secondary N) is 1. The summed E-state index contributed by atoms with van der Waals surface area (Å²) in [7, 11) is 0. The third-order valence-electron chi connectivity index (χ3n) is 2.81. The van der Waals surface area contributed by atoms with E-state index in [-0.39, 0.29) is 5.69 Å². The van der Waals surface area contributed by atoms with E-state index in [1.807, 2.05) is 19.1 Å². The number of hydrogen-bond donors (Lipinski definition) is 1. The quantitative estimate of drug-likeness (QED) is 0.777. The SMILES string of the molecule is CCc1ccc(CNc2cc(C(F)(F)F)ccc2F)s1. The number of benzene rings is 1. The fourth-order valence-electron chi connectivity index (χ4n) is 1.73. The molecule has 1 aromatic heterocycles. The number of anilines is 1. The summed E-state index contributed by atoms with van der Waals surface area (Å²) in [5.74, 6) is -0.690. The van der Waals surface area contributed by atoms with Crippen molar-refractivity contribution < 1.29 is 17.6 Å². The smallest absolute Gasteiger partial charge is 0.378 e. The lowest BCUT2D eigenvalue weighted by Crippen LogP contribution is -2.07. The number of hydrogen-bond acceptors (Lipinski definition) is 2. The van der Waals surface area contributed by atoms with E-state index in [1.54, 1.807) is 11.3 Å². The predicted octanol–water partition coefficient (Wildman–Crippen LogP) is 5.08. The van der Waals surface area contributed by atoms with Gasteiger partial charge in [-0.3, -0.25) is 0 Å². The van der Waals surface area contributed by atoms with Crippen LogP contribution in [0.2, 0.25) is 0 Å². The first kappa shape index (κ1) is 14.8. The number of thiophene rings is 1. The average Bonchev–Trinajstić information content (AvgIpc) is 2.84. The zero-order valence-corrected chi connectivity index (χ0v) is 11.5. The van der Waals surface area contributed by atoms with Crippen molar-refractivity contribution in [3.63, 3.8) is 0 Å². The molecule has 0 aliphatic rings. The summed E-state index contributed by atoms with van der Waals surface area (Å²) in [4.78, 5) is 2.14.